The van der Waals surface area contributed by atoms with Crippen molar-refractivity contribution in [3.05, 3.63) is 46.0 Å². The first-order valence-electron chi connectivity index (χ1n) is 8.91. The first-order chi connectivity index (χ1) is 14.2. The molecule has 0 spiro atoms. The summed E-state index contributed by atoms with van der Waals surface area (Å²) in [4.78, 5) is 30.8. The number of hydrogen-bond donors (Lipinski definition) is 4. The monoisotopic (exact) mass is 478 g/mol. The highest BCUT2D eigenvalue weighted by molar-refractivity contribution is 7.99. The lowest BCUT2D eigenvalue weighted by molar-refractivity contribution is -0.134. The fraction of sp³-hybridized carbons (Fsp3) is 0.421. The molecule has 1 aromatic carbocycles. The summed E-state index contributed by atoms with van der Waals surface area (Å²) in [5, 5.41) is 23.0. The number of benzene rings is 1. The molecule has 0 unspecified atom stereocenters. The molecule has 4 N–H and O–H groups in total. The molecule has 0 bridgehead atoms. The van der Waals surface area contributed by atoms with Crippen LogP contribution in [0.1, 0.15) is 11.7 Å². The number of amides is 1. The van der Waals surface area contributed by atoms with E-state index in [1.165, 1.54) is 11.8 Å². The van der Waals surface area contributed by atoms with E-state index >= 15 is 0 Å². The molecule has 0 radical (unpaired) electrons. The smallest absolute Gasteiger partial charge is 0.328 e. The zero-order chi connectivity index (χ0) is 22.5. The molecule has 1 fully saturated rings. The molecule has 1 aliphatic rings. The van der Waals surface area contributed by atoms with Gasteiger partial charge in [0.25, 0.3) is 0 Å². The maximum atomic E-state index is 11.7. The molecule has 8 nitrogen and oxygen atoms in total. The van der Waals surface area contributed by atoms with Gasteiger partial charge in [-0.1, -0.05) is 29.3 Å². The number of thioether (sulfide) groups is 1. The largest absolute Gasteiger partial charge is 0.478 e. The van der Waals surface area contributed by atoms with Gasteiger partial charge in [-0.3, -0.25) is 4.79 Å². The Morgan fingerprint density at radius 2 is 1.90 bits per heavy atom. The van der Waals surface area contributed by atoms with E-state index in [1.807, 2.05) is 18.4 Å². The number of rotatable bonds is 7. The molecule has 0 aliphatic carbocycles. The van der Waals surface area contributed by atoms with E-state index in [-0.39, 0.29) is 17.9 Å². The van der Waals surface area contributed by atoms with Gasteiger partial charge < -0.3 is 25.6 Å². The molecule has 2 rings (SSSR count). The van der Waals surface area contributed by atoms with E-state index in [0.717, 1.165) is 18.7 Å². The van der Waals surface area contributed by atoms with E-state index in [0.29, 0.717) is 41.1 Å². The van der Waals surface area contributed by atoms with Gasteiger partial charge in [0.2, 0.25) is 5.91 Å². The minimum atomic E-state index is -1.26. The number of hydrogen-bond acceptors (Lipinski definition) is 6. The first-order valence-corrected chi connectivity index (χ1v) is 11.1. The van der Waals surface area contributed by atoms with Crippen molar-refractivity contribution in [3.8, 4) is 0 Å². The summed E-state index contributed by atoms with van der Waals surface area (Å²) in [6.45, 7) is 2.77. The third-order valence-corrected chi connectivity index (χ3v) is 5.18. The number of aliphatic carboxylic acids is 2. The third kappa shape index (κ3) is 10.3. The van der Waals surface area contributed by atoms with Gasteiger partial charge >= 0.3 is 11.9 Å². The van der Waals surface area contributed by atoms with Gasteiger partial charge in [-0.15, -0.1) is 0 Å². The van der Waals surface area contributed by atoms with Crippen LogP contribution in [0.3, 0.4) is 0 Å². The van der Waals surface area contributed by atoms with Crippen molar-refractivity contribution in [3.63, 3.8) is 0 Å². The summed E-state index contributed by atoms with van der Waals surface area (Å²) in [6, 6.07) is 5.56. The normalized spacial score (nSPS) is 18.8. The number of nitrogens with one attached hydrogen (secondary N) is 2. The lowest BCUT2D eigenvalue weighted by atomic mass is 9.95. The van der Waals surface area contributed by atoms with Gasteiger partial charge in [-0.25, -0.2) is 9.59 Å². The van der Waals surface area contributed by atoms with Crippen molar-refractivity contribution in [2.45, 2.75) is 6.10 Å². The van der Waals surface area contributed by atoms with Gasteiger partial charge in [0.15, 0.2) is 0 Å². The van der Waals surface area contributed by atoms with Gasteiger partial charge in [-0.2, -0.15) is 11.8 Å². The predicted molar refractivity (Wildman–Crippen MR) is 117 cm³/mol. The molecule has 11 heteroatoms. The van der Waals surface area contributed by atoms with Gasteiger partial charge in [0, 0.05) is 37.7 Å². The van der Waals surface area contributed by atoms with E-state index in [4.69, 9.17) is 38.2 Å². The third-order valence-electron chi connectivity index (χ3n) is 3.89. The fourth-order valence-electron chi connectivity index (χ4n) is 2.60. The average molecular weight is 479 g/mol. The molecule has 30 heavy (non-hydrogen) atoms. The zero-order valence-corrected chi connectivity index (χ0v) is 18.6. The molecular formula is C19H24Cl2N2O6S. The number of carboxylic acids is 2. The highest BCUT2D eigenvalue weighted by atomic mass is 35.5. The second-order valence-corrected chi connectivity index (χ2v) is 7.86. The second-order valence-electron chi connectivity index (χ2n) is 6.18. The molecule has 0 saturated carbocycles. The van der Waals surface area contributed by atoms with E-state index in [9.17, 15) is 14.4 Å². The van der Waals surface area contributed by atoms with Crippen LogP contribution in [0.4, 0.5) is 0 Å². The number of ether oxygens (including phenoxy) is 1. The quantitative estimate of drug-likeness (QED) is 0.440. The Hall–Kier alpha value is -1.78. The van der Waals surface area contributed by atoms with Crippen molar-refractivity contribution in [2.75, 3.05) is 38.2 Å². The Balaban J connectivity index is 0.000000479. The van der Waals surface area contributed by atoms with Crippen LogP contribution in [0.25, 0.3) is 0 Å². The maximum absolute atomic E-state index is 11.7. The van der Waals surface area contributed by atoms with Crippen molar-refractivity contribution in [1.29, 1.82) is 0 Å². The van der Waals surface area contributed by atoms with Gasteiger partial charge in [0.1, 0.15) is 0 Å². The lowest BCUT2D eigenvalue weighted by Gasteiger charge is -2.25. The molecule has 166 valence electrons. The summed E-state index contributed by atoms with van der Waals surface area (Å²) in [7, 11) is 0. The van der Waals surface area contributed by atoms with Crippen molar-refractivity contribution in [1.82, 2.24) is 10.6 Å². The summed E-state index contributed by atoms with van der Waals surface area (Å²) >= 11 is 13.6. The molecule has 1 aliphatic heterocycles. The van der Waals surface area contributed by atoms with Crippen LogP contribution in [-0.2, 0) is 19.1 Å². The van der Waals surface area contributed by atoms with Gasteiger partial charge in [0.05, 0.1) is 28.5 Å². The van der Waals surface area contributed by atoms with Gasteiger partial charge in [-0.05, 0) is 24.0 Å². The Morgan fingerprint density at radius 3 is 2.47 bits per heavy atom. The Labute approximate surface area is 189 Å². The highest BCUT2D eigenvalue weighted by Crippen LogP contribution is 2.31. The maximum Gasteiger partial charge on any atom is 0.328 e. The van der Waals surface area contributed by atoms with Crippen LogP contribution in [0.2, 0.25) is 10.0 Å². The van der Waals surface area contributed by atoms with E-state index in [1.54, 1.807) is 6.07 Å². The standard InChI is InChI=1S/C15H20Cl2N2O2S.C4H4O4/c1-22-9-14(20)19-8-11-7-18-4-5-21-15(11)10-2-3-12(16)13(17)6-10;5-3(6)1-2-4(7)8/h2-3,6,11,15,18H,4-5,7-9H2,1H3,(H,19,20);1-2H,(H,5,6)(H,7,8)/b;2-1+/t11-,15-;/m0./s1. The number of halogens is 2. The minimum Gasteiger partial charge on any atom is -0.478 e. The fourth-order valence-corrected chi connectivity index (χ4v) is 3.27. The molecule has 1 saturated heterocycles. The van der Waals surface area contributed by atoms with E-state index < -0.39 is 11.9 Å². The molecule has 1 heterocycles. The van der Waals surface area contributed by atoms with Crippen LogP contribution < -0.4 is 10.6 Å². The second kappa shape index (κ2) is 14.3. The van der Waals surface area contributed by atoms with Crippen LogP contribution in [0.5, 0.6) is 0 Å². The van der Waals surface area contributed by atoms with Crippen LogP contribution in [-0.4, -0.2) is 66.3 Å². The number of carboxylic acid groups (broad SMARTS) is 2. The molecule has 1 aromatic rings. The zero-order valence-electron chi connectivity index (χ0n) is 16.3. The van der Waals surface area contributed by atoms with Crippen LogP contribution in [0, 0.1) is 5.92 Å². The Kier molecular flexibility index (Phi) is 12.5. The van der Waals surface area contributed by atoms with Crippen molar-refractivity contribution < 1.29 is 29.3 Å². The van der Waals surface area contributed by atoms with Crippen molar-refractivity contribution >= 4 is 52.8 Å². The van der Waals surface area contributed by atoms with Crippen LogP contribution >= 0.6 is 35.0 Å². The summed E-state index contributed by atoms with van der Waals surface area (Å²) in [5.74, 6) is -1.85. The summed E-state index contributed by atoms with van der Waals surface area (Å²) < 4.78 is 5.97. The predicted octanol–water partition coefficient (Wildman–Crippen LogP) is 2.46. The lowest BCUT2D eigenvalue weighted by Crippen LogP contribution is -2.37. The average Bonchev–Trinajstić information content (AvgIpc) is 2.93. The summed E-state index contributed by atoms with van der Waals surface area (Å²) in [5.41, 5.74) is 0.988. The highest BCUT2D eigenvalue weighted by Gasteiger charge is 2.27. The molecule has 0 aromatic heterocycles. The SMILES string of the molecule is CSCC(=O)NC[C@@H]1CNCCO[C@H]1c1ccc(Cl)c(Cl)c1.O=C(O)/C=C/C(=O)O. The Bertz CT molecular complexity index is 747. The number of carbonyl (C=O) groups is 3. The molecule has 2 atom stereocenters. The molecule has 1 amide bonds. The van der Waals surface area contributed by atoms with E-state index in [2.05, 4.69) is 10.6 Å². The Morgan fingerprint density at radius 1 is 1.23 bits per heavy atom. The summed E-state index contributed by atoms with van der Waals surface area (Å²) in [6.07, 6.45) is 2.92. The number of carbonyl (C=O) groups excluding carboxylic acids is 1. The minimum absolute atomic E-state index is 0.0460. The topological polar surface area (TPSA) is 125 Å². The van der Waals surface area contributed by atoms with Crippen LogP contribution in [0.15, 0.2) is 30.4 Å². The van der Waals surface area contributed by atoms with Crippen molar-refractivity contribution in [2.24, 2.45) is 5.92 Å². The first kappa shape index (κ1) is 26.3. The molecular weight excluding hydrogens is 455 g/mol.